The molecule has 2 atom stereocenters. The molecule has 1 aliphatic rings. The third-order valence-corrected chi connectivity index (χ3v) is 5.18. The minimum Gasteiger partial charge on any atom is -0.322 e. The van der Waals surface area contributed by atoms with Crippen molar-refractivity contribution >= 4 is 0 Å². The van der Waals surface area contributed by atoms with E-state index in [0.29, 0.717) is 5.92 Å². The molecule has 0 spiro atoms. The smallest absolute Gasteiger partial charge is 0.0479 e. The highest BCUT2D eigenvalue weighted by Crippen LogP contribution is 2.35. The fraction of sp³-hybridized carbons (Fsp3) is 0.667. The Morgan fingerprint density at radius 1 is 1.10 bits per heavy atom. The van der Waals surface area contributed by atoms with Gasteiger partial charge in [0, 0.05) is 11.6 Å². The summed E-state index contributed by atoms with van der Waals surface area (Å²) in [5, 5.41) is 0. The number of benzene rings is 1. The molecule has 0 amide bonds. The van der Waals surface area contributed by atoms with Gasteiger partial charge in [-0.15, -0.1) is 0 Å². The molecule has 1 aliphatic heterocycles. The molecule has 1 saturated heterocycles. The second kappa shape index (κ2) is 6.28. The fourth-order valence-electron chi connectivity index (χ4n) is 3.32. The highest BCUT2D eigenvalue weighted by Gasteiger charge is 2.38. The van der Waals surface area contributed by atoms with Crippen molar-refractivity contribution in [1.82, 2.24) is 4.90 Å². The van der Waals surface area contributed by atoms with E-state index in [1.165, 1.54) is 37.1 Å². The molecule has 0 bridgehead atoms. The topological polar surface area (TPSA) is 29.3 Å². The van der Waals surface area contributed by atoms with E-state index >= 15 is 0 Å². The minimum absolute atomic E-state index is 0.0792. The molecule has 0 radical (unpaired) electrons. The van der Waals surface area contributed by atoms with E-state index in [9.17, 15) is 0 Å². The van der Waals surface area contributed by atoms with Crippen LogP contribution in [0.4, 0.5) is 0 Å². The first-order valence-electron chi connectivity index (χ1n) is 8.09. The van der Waals surface area contributed by atoms with Crippen molar-refractivity contribution in [2.75, 3.05) is 13.1 Å². The van der Waals surface area contributed by atoms with Crippen LogP contribution in [0, 0.1) is 0 Å². The Kier molecular flexibility index (Phi) is 4.87. The maximum absolute atomic E-state index is 6.65. The summed E-state index contributed by atoms with van der Waals surface area (Å²) in [5.41, 5.74) is 9.39. The van der Waals surface area contributed by atoms with Crippen LogP contribution in [0.25, 0.3) is 0 Å². The van der Waals surface area contributed by atoms with Gasteiger partial charge >= 0.3 is 0 Å². The van der Waals surface area contributed by atoms with Crippen LogP contribution in [0.3, 0.4) is 0 Å². The predicted molar refractivity (Wildman–Crippen MR) is 87.0 cm³/mol. The Morgan fingerprint density at radius 3 is 2.05 bits per heavy atom. The minimum atomic E-state index is 0.0792. The van der Waals surface area contributed by atoms with Crippen LogP contribution in [0.5, 0.6) is 0 Å². The van der Waals surface area contributed by atoms with Crippen molar-refractivity contribution < 1.29 is 0 Å². The lowest BCUT2D eigenvalue weighted by atomic mass is 9.83. The van der Waals surface area contributed by atoms with Gasteiger partial charge in [-0.05, 0) is 56.3 Å². The van der Waals surface area contributed by atoms with Gasteiger partial charge in [-0.25, -0.2) is 0 Å². The van der Waals surface area contributed by atoms with Crippen molar-refractivity contribution in [3.05, 3.63) is 35.4 Å². The van der Waals surface area contributed by atoms with Gasteiger partial charge in [0.25, 0.3) is 0 Å². The van der Waals surface area contributed by atoms with Gasteiger partial charge in [0.1, 0.15) is 0 Å². The van der Waals surface area contributed by atoms with Crippen LogP contribution >= 0.6 is 0 Å². The second-order valence-corrected chi connectivity index (χ2v) is 6.70. The number of hydrogen-bond acceptors (Lipinski definition) is 2. The van der Waals surface area contributed by atoms with Gasteiger partial charge in [0.15, 0.2) is 0 Å². The Labute approximate surface area is 124 Å². The second-order valence-electron chi connectivity index (χ2n) is 6.70. The summed E-state index contributed by atoms with van der Waals surface area (Å²) < 4.78 is 0. The van der Waals surface area contributed by atoms with Gasteiger partial charge in [0.05, 0.1) is 0 Å². The molecule has 2 rings (SSSR count). The lowest BCUT2D eigenvalue weighted by molar-refractivity contribution is 0.1000. The molecule has 1 heterocycles. The first-order valence-corrected chi connectivity index (χ1v) is 8.09. The Balaban J connectivity index is 2.21. The summed E-state index contributed by atoms with van der Waals surface area (Å²) in [5.74, 6) is 0.580. The molecule has 2 N–H and O–H groups in total. The molecule has 20 heavy (non-hydrogen) atoms. The SMILES string of the molecule is CCC(C)(C(N)c1ccc(C(C)C)cc1)N1CCCC1. The largest absolute Gasteiger partial charge is 0.322 e. The first kappa shape index (κ1) is 15.5. The molecule has 2 nitrogen and oxygen atoms in total. The van der Waals surface area contributed by atoms with Gasteiger partial charge in [0.2, 0.25) is 0 Å². The van der Waals surface area contributed by atoms with E-state index in [-0.39, 0.29) is 11.6 Å². The molecule has 1 aromatic carbocycles. The van der Waals surface area contributed by atoms with Crippen molar-refractivity contribution in [1.29, 1.82) is 0 Å². The predicted octanol–water partition coefficient (Wildman–Crippen LogP) is 4.07. The zero-order valence-corrected chi connectivity index (χ0v) is 13.5. The molecule has 0 saturated carbocycles. The van der Waals surface area contributed by atoms with E-state index in [4.69, 9.17) is 5.73 Å². The molecule has 1 fully saturated rings. The Morgan fingerprint density at radius 2 is 1.60 bits per heavy atom. The molecule has 0 aromatic heterocycles. The summed E-state index contributed by atoms with van der Waals surface area (Å²) in [4.78, 5) is 2.59. The third-order valence-electron chi connectivity index (χ3n) is 5.18. The quantitative estimate of drug-likeness (QED) is 0.877. The maximum Gasteiger partial charge on any atom is 0.0479 e. The van der Waals surface area contributed by atoms with E-state index in [1.54, 1.807) is 0 Å². The number of likely N-dealkylation sites (tertiary alicyclic amines) is 1. The summed E-state index contributed by atoms with van der Waals surface area (Å²) >= 11 is 0. The summed E-state index contributed by atoms with van der Waals surface area (Å²) in [7, 11) is 0. The maximum atomic E-state index is 6.65. The van der Waals surface area contributed by atoms with E-state index in [2.05, 4.69) is 56.9 Å². The summed E-state index contributed by atoms with van der Waals surface area (Å²) in [6.07, 6.45) is 3.73. The highest BCUT2D eigenvalue weighted by atomic mass is 15.2. The average Bonchev–Trinajstić information content (AvgIpc) is 3.00. The van der Waals surface area contributed by atoms with Gasteiger partial charge in [-0.1, -0.05) is 45.0 Å². The van der Waals surface area contributed by atoms with Gasteiger partial charge < -0.3 is 5.73 Å². The number of hydrogen-bond donors (Lipinski definition) is 1. The van der Waals surface area contributed by atoms with Gasteiger partial charge in [-0.2, -0.15) is 0 Å². The molecular weight excluding hydrogens is 244 g/mol. The Hall–Kier alpha value is -0.860. The average molecular weight is 274 g/mol. The normalized spacial score (nSPS) is 21.1. The zero-order chi connectivity index (χ0) is 14.8. The molecule has 0 aliphatic carbocycles. The highest BCUT2D eigenvalue weighted by molar-refractivity contribution is 5.29. The third kappa shape index (κ3) is 2.91. The van der Waals surface area contributed by atoms with Crippen LogP contribution in [0.2, 0.25) is 0 Å². The van der Waals surface area contributed by atoms with E-state index < -0.39 is 0 Å². The van der Waals surface area contributed by atoms with Crippen LogP contribution < -0.4 is 5.73 Å². The lowest BCUT2D eigenvalue weighted by Crippen LogP contribution is -2.51. The molecule has 112 valence electrons. The van der Waals surface area contributed by atoms with Crippen LogP contribution in [0.15, 0.2) is 24.3 Å². The van der Waals surface area contributed by atoms with E-state index in [0.717, 1.165) is 6.42 Å². The molecule has 2 unspecified atom stereocenters. The van der Waals surface area contributed by atoms with Gasteiger partial charge in [-0.3, -0.25) is 4.90 Å². The van der Waals surface area contributed by atoms with Crippen LogP contribution in [0.1, 0.15) is 70.0 Å². The summed E-state index contributed by atoms with van der Waals surface area (Å²) in [6.45, 7) is 11.5. The summed E-state index contributed by atoms with van der Waals surface area (Å²) in [6, 6.07) is 9.01. The van der Waals surface area contributed by atoms with Crippen LogP contribution in [-0.2, 0) is 0 Å². The van der Waals surface area contributed by atoms with Crippen LogP contribution in [-0.4, -0.2) is 23.5 Å². The number of nitrogens with zero attached hydrogens (tertiary/aromatic N) is 1. The number of rotatable bonds is 5. The van der Waals surface area contributed by atoms with Crippen molar-refractivity contribution in [2.45, 2.75) is 64.5 Å². The standard InChI is InChI=1S/C18H30N2/c1-5-18(4,20-12-6-7-13-20)17(19)16-10-8-15(9-11-16)14(2)3/h8-11,14,17H,5-7,12-13,19H2,1-4H3. The molecule has 2 heteroatoms. The monoisotopic (exact) mass is 274 g/mol. The van der Waals surface area contributed by atoms with Crippen molar-refractivity contribution in [3.8, 4) is 0 Å². The molecular formula is C18H30N2. The van der Waals surface area contributed by atoms with Crippen molar-refractivity contribution in [3.63, 3.8) is 0 Å². The zero-order valence-electron chi connectivity index (χ0n) is 13.5. The van der Waals surface area contributed by atoms with Crippen molar-refractivity contribution in [2.24, 2.45) is 5.73 Å². The first-order chi connectivity index (χ1) is 9.49. The number of nitrogens with two attached hydrogens (primary N) is 1. The van der Waals surface area contributed by atoms with E-state index in [1.807, 2.05) is 0 Å². The fourth-order valence-corrected chi connectivity index (χ4v) is 3.32. The Bertz CT molecular complexity index is 418. The lowest BCUT2D eigenvalue weighted by Gasteiger charge is -2.43. The molecule has 1 aromatic rings.